The van der Waals surface area contributed by atoms with Crippen LogP contribution in [0.25, 0.3) is 11.0 Å². The van der Waals surface area contributed by atoms with Gasteiger partial charge in [-0.3, -0.25) is 9.78 Å². The minimum absolute atomic E-state index is 0.0171. The number of carbonyl (C=O) groups excluding carboxylic acids is 1. The minimum atomic E-state index is -0.582. The SMILES string of the molecule is CC(C)(CO)c1c[nH]c2nc(N)nc(C(=O)c3ccc(N)cn3)c12. The lowest BCUT2D eigenvalue weighted by atomic mass is 9.85. The lowest BCUT2D eigenvalue weighted by Gasteiger charge is -2.21. The van der Waals surface area contributed by atoms with E-state index in [0.717, 1.165) is 5.56 Å². The number of nitrogens with two attached hydrogens (primary N) is 2. The van der Waals surface area contributed by atoms with Gasteiger partial charge in [0, 0.05) is 11.6 Å². The van der Waals surface area contributed by atoms with Gasteiger partial charge in [-0.2, -0.15) is 4.98 Å². The molecule has 0 saturated heterocycles. The van der Waals surface area contributed by atoms with Gasteiger partial charge in [-0.25, -0.2) is 4.98 Å². The molecule has 0 bridgehead atoms. The molecule has 0 saturated carbocycles. The Morgan fingerprint density at radius 1 is 1.29 bits per heavy atom. The van der Waals surface area contributed by atoms with Crippen LogP contribution >= 0.6 is 0 Å². The maximum atomic E-state index is 12.9. The number of aromatic nitrogens is 4. The van der Waals surface area contributed by atoms with E-state index in [1.807, 2.05) is 13.8 Å². The predicted octanol–water partition coefficient (Wildman–Crippen LogP) is 1.02. The third kappa shape index (κ3) is 2.56. The molecule has 0 fully saturated rings. The number of aromatic amines is 1. The summed E-state index contributed by atoms with van der Waals surface area (Å²) < 4.78 is 0. The molecule has 8 nitrogen and oxygen atoms in total. The molecule has 3 heterocycles. The van der Waals surface area contributed by atoms with Crippen molar-refractivity contribution in [3.8, 4) is 0 Å². The molecule has 3 aromatic heterocycles. The number of nitrogens with one attached hydrogen (secondary N) is 1. The first kappa shape index (κ1) is 15.9. The number of nitrogens with zero attached hydrogens (tertiary/aromatic N) is 3. The molecule has 3 aromatic rings. The van der Waals surface area contributed by atoms with Crippen LogP contribution < -0.4 is 11.5 Å². The molecular weight excluding hydrogens is 308 g/mol. The van der Waals surface area contributed by atoms with E-state index >= 15 is 0 Å². The standard InChI is InChI=1S/C16H18N6O2/c1-16(2,7-23)9-6-20-14-11(9)12(21-15(18)22-14)13(24)10-4-3-8(17)5-19-10/h3-6,23H,7,17H2,1-2H3,(H3,18,20,21,22). The van der Waals surface area contributed by atoms with Crippen LogP contribution in [0.1, 0.15) is 35.6 Å². The van der Waals surface area contributed by atoms with E-state index in [4.69, 9.17) is 11.5 Å². The van der Waals surface area contributed by atoms with Crippen molar-refractivity contribution < 1.29 is 9.90 Å². The predicted molar refractivity (Wildman–Crippen MR) is 90.5 cm³/mol. The highest BCUT2D eigenvalue weighted by Gasteiger charge is 2.28. The number of anilines is 2. The van der Waals surface area contributed by atoms with Gasteiger partial charge in [-0.1, -0.05) is 13.8 Å². The highest BCUT2D eigenvalue weighted by Crippen LogP contribution is 2.32. The number of aliphatic hydroxyl groups is 1. The summed E-state index contributed by atoms with van der Waals surface area (Å²) in [5.74, 6) is -0.403. The van der Waals surface area contributed by atoms with Crippen molar-refractivity contribution in [1.29, 1.82) is 0 Å². The van der Waals surface area contributed by atoms with Crippen LogP contribution in [0, 0.1) is 0 Å². The average Bonchev–Trinajstić information content (AvgIpc) is 2.98. The van der Waals surface area contributed by atoms with E-state index in [-0.39, 0.29) is 29.7 Å². The molecule has 8 heteroatoms. The first-order valence-electron chi connectivity index (χ1n) is 7.35. The second kappa shape index (κ2) is 5.57. The topological polar surface area (TPSA) is 144 Å². The molecule has 0 aliphatic carbocycles. The Kier molecular flexibility index (Phi) is 3.69. The second-order valence-corrected chi connectivity index (χ2v) is 6.20. The number of nitrogen functional groups attached to an aromatic ring is 2. The quantitative estimate of drug-likeness (QED) is 0.524. The normalized spacial score (nSPS) is 11.8. The van der Waals surface area contributed by atoms with E-state index in [1.54, 1.807) is 12.3 Å². The van der Waals surface area contributed by atoms with Crippen molar-refractivity contribution >= 4 is 28.5 Å². The van der Waals surface area contributed by atoms with Crippen molar-refractivity contribution in [2.45, 2.75) is 19.3 Å². The zero-order valence-electron chi connectivity index (χ0n) is 13.4. The van der Waals surface area contributed by atoms with Gasteiger partial charge in [0.05, 0.1) is 23.9 Å². The molecule has 0 spiro atoms. The van der Waals surface area contributed by atoms with Crippen LogP contribution in [0.5, 0.6) is 0 Å². The maximum absolute atomic E-state index is 12.9. The summed E-state index contributed by atoms with van der Waals surface area (Å²) in [6, 6.07) is 3.13. The first-order valence-corrected chi connectivity index (χ1v) is 7.35. The highest BCUT2D eigenvalue weighted by molar-refractivity contribution is 6.14. The number of aliphatic hydroxyl groups excluding tert-OH is 1. The van der Waals surface area contributed by atoms with E-state index < -0.39 is 5.41 Å². The third-order valence-corrected chi connectivity index (χ3v) is 3.91. The van der Waals surface area contributed by atoms with Crippen LogP contribution in [0.3, 0.4) is 0 Å². The number of hydrogen-bond donors (Lipinski definition) is 4. The summed E-state index contributed by atoms with van der Waals surface area (Å²) in [6.07, 6.45) is 3.12. The summed E-state index contributed by atoms with van der Waals surface area (Å²) in [6.45, 7) is 3.63. The van der Waals surface area contributed by atoms with Crippen molar-refractivity contribution in [2.24, 2.45) is 0 Å². The van der Waals surface area contributed by atoms with Gasteiger partial charge in [-0.15, -0.1) is 0 Å². The van der Waals surface area contributed by atoms with Crippen molar-refractivity contribution in [1.82, 2.24) is 19.9 Å². The summed E-state index contributed by atoms with van der Waals surface area (Å²) in [4.78, 5) is 28.2. The Labute approximate surface area is 137 Å². The monoisotopic (exact) mass is 326 g/mol. The molecule has 6 N–H and O–H groups in total. The fourth-order valence-corrected chi connectivity index (χ4v) is 2.49. The second-order valence-electron chi connectivity index (χ2n) is 6.20. The van der Waals surface area contributed by atoms with Gasteiger partial charge in [0.1, 0.15) is 17.0 Å². The smallest absolute Gasteiger partial charge is 0.230 e. The van der Waals surface area contributed by atoms with E-state index in [0.29, 0.717) is 16.7 Å². The summed E-state index contributed by atoms with van der Waals surface area (Å²) in [7, 11) is 0. The zero-order chi connectivity index (χ0) is 17.5. The fraction of sp³-hybridized carbons (Fsp3) is 0.250. The fourth-order valence-electron chi connectivity index (χ4n) is 2.49. The van der Waals surface area contributed by atoms with E-state index in [1.165, 1.54) is 12.3 Å². The van der Waals surface area contributed by atoms with Crippen LogP contribution in [-0.4, -0.2) is 37.4 Å². The molecule has 0 aliphatic rings. The number of carbonyl (C=O) groups is 1. The molecular formula is C16H18N6O2. The molecule has 0 atom stereocenters. The Morgan fingerprint density at radius 3 is 2.67 bits per heavy atom. The molecule has 0 aromatic carbocycles. The summed E-state index contributed by atoms with van der Waals surface area (Å²) in [5, 5.41) is 10.2. The molecule has 0 radical (unpaired) electrons. The van der Waals surface area contributed by atoms with E-state index in [9.17, 15) is 9.90 Å². The Hall–Kier alpha value is -3.00. The van der Waals surface area contributed by atoms with Gasteiger partial charge in [-0.05, 0) is 17.7 Å². The van der Waals surface area contributed by atoms with Crippen molar-refractivity contribution in [3.05, 3.63) is 41.5 Å². The molecule has 124 valence electrons. The van der Waals surface area contributed by atoms with Gasteiger partial charge < -0.3 is 21.6 Å². The molecule has 24 heavy (non-hydrogen) atoms. The maximum Gasteiger partial charge on any atom is 0.230 e. The molecule has 0 aliphatic heterocycles. The average molecular weight is 326 g/mol. The number of fused-ring (bicyclic) bond motifs is 1. The van der Waals surface area contributed by atoms with Crippen LogP contribution in [0.15, 0.2) is 24.5 Å². The minimum Gasteiger partial charge on any atom is -0.397 e. The Morgan fingerprint density at radius 2 is 2.04 bits per heavy atom. The summed E-state index contributed by atoms with van der Waals surface area (Å²) >= 11 is 0. The number of rotatable bonds is 4. The van der Waals surface area contributed by atoms with Crippen molar-refractivity contribution in [3.63, 3.8) is 0 Å². The van der Waals surface area contributed by atoms with Gasteiger partial charge in [0.25, 0.3) is 0 Å². The van der Waals surface area contributed by atoms with Crippen LogP contribution in [-0.2, 0) is 5.41 Å². The Balaban J connectivity index is 2.24. The van der Waals surface area contributed by atoms with Gasteiger partial charge in [0.15, 0.2) is 0 Å². The Bertz CT molecular complexity index is 914. The summed E-state index contributed by atoms with van der Waals surface area (Å²) in [5.41, 5.74) is 12.8. The van der Waals surface area contributed by atoms with Gasteiger partial charge in [0.2, 0.25) is 11.7 Å². The van der Waals surface area contributed by atoms with Gasteiger partial charge >= 0.3 is 0 Å². The van der Waals surface area contributed by atoms with Crippen LogP contribution in [0.4, 0.5) is 11.6 Å². The lowest BCUT2D eigenvalue weighted by Crippen LogP contribution is -2.22. The third-order valence-electron chi connectivity index (χ3n) is 3.91. The highest BCUT2D eigenvalue weighted by atomic mass is 16.3. The van der Waals surface area contributed by atoms with Crippen molar-refractivity contribution in [2.75, 3.05) is 18.1 Å². The zero-order valence-corrected chi connectivity index (χ0v) is 13.4. The largest absolute Gasteiger partial charge is 0.397 e. The van der Waals surface area contributed by atoms with Crippen LogP contribution in [0.2, 0.25) is 0 Å². The number of pyridine rings is 1. The lowest BCUT2D eigenvalue weighted by molar-refractivity contribution is 0.103. The van der Waals surface area contributed by atoms with E-state index in [2.05, 4.69) is 19.9 Å². The number of hydrogen-bond acceptors (Lipinski definition) is 7. The first-order chi connectivity index (χ1) is 11.3. The molecule has 0 unspecified atom stereocenters. The molecule has 0 amide bonds. The number of ketones is 1. The molecule has 3 rings (SSSR count). The number of H-pyrrole nitrogens is 1.